The van der Waals surface area contributed by atoms with Crippen LogP contribution in [0.3, 0.4) is 0 Å². The number of nitrogens with zero attached hydrogens (tertiary/aromatic N) is 1. The molecule has 0 aromatic carbocycles. The van der Waals surface area contributed by atoms with Gasteiger partial charge in [-0.25, -0.2) is 0 Å². The summed E-state index contributed by atoms with van der Waals surface area (Å²) >= 11 is 0. The maximum Gasteiger partial charge on any atom is 0.0582 e. The van der Waals surface area contributed by atoms with Crippen molar-refractivity contribution in [1.29, 1.82) is 0 Å². The summed E-state index contributed by atoms with van der Waals surface area (Å²) in [5, 5.41) is 11.9. The maximum absolute atomic E-state index is 8.64. The highest BCUT2D eigenvalue weighted by Gasteiger charge is 2.17. The van der Waals surface area contributed by atoms with Crippen molar-refractivity contribution in [2.45, 2.75) is 77.2 Å². The Bertz CT molecular complexity index is 206. The summed E-state index contributed by atoms with van der Waals surface area (Å²) in [6.45, 7) is 3.15. The van der Waals surface area contributed by atoms with E-state index >= 15 is 0 Å². The van der Waals surface area contributed by atoms with Crippen LogP contribution in [0.2, 0.25) is 0 Å². The molecule has 1 N–H and O–H groups in total. The van der Waals surface area contributed by atoms with Crippen LogP contribution in [0.4, 0.5) is 0 Å². The molecular formula is C14H27NO2. The van der Waals surface area contributed by atoms with E-state index in [2.05, 4.69) is 12.1 Å². The average Bonchev–Trinajstić information content (AvgIpc) is 2.38. The van der Waals surface area contributed by atoms with Gasteiger partial charge in [-0.05, 0) is 32.1 Å². The van der Waals surface area contributed by atoms with Gasteiger partial charge in [0, 0.05) is 6.61 Å². The van der Waals surface area contributed by atoms with Gasteiger partial charge in [0.15, 0.2) is 0 Å². The van der Waals surface area contributed by atoms with Crippen LogP contribution in [0.5, 0.6) is 0 Å². The van der Waals surface area contributed by atoms with Gasteiger partial charge in [0.25, 0.3) is 0 Å². The van der Waals surface area contributed by atoms with Crippen LogP contribution in [-0.4, -0.2) is 23.6 Å². The first-order valence-corrected chi connectivity index (χ1v) is 7.18. The monoisotopic (exact) mass is 241 g/mol. The highest BCUT2D eigenvalue weighted by atomic mass is 16.5. The minimum absolute atomic E-state index is 0.399. The van der Waals surface area contributed by atoms with Gasteiger partial charge >= 0.3 is 0 Å². The average molecular weight is 241 g/mol. The normalized spacial score (nSPS) is 20.5. The van der Waals surface area contributed by atoms with Crippen molar-refractivity contribution >= 4 is 5.71 Å². The summed E-state index contributed by atoms with van der Waals surface area (Å²) in [5.74, 6) is 0. The second-order valence-corrected chi connectivity index (χ2v) is 5.00. The lowest BCUT2D eigenvalue weighted by Crippen LogP contribution is -2.22. The van der Waals surface area contributed by atoms with E-state index in [9.17, 15) is 0 Å². The molecule has 100 valence electrons. The molecule has 0 spiro atoms. The highest BCUT2D eigenvalue weighted by Crippen LogP contribution is 2.19. The van der Waals surface area contributed by atoms with Crippen LogP contribution in [0.1, 0.15) is 71.1 Å². The van der Waals surface area contributed by atoms with E-state index in [4.69, 9.17) is 9.94 Å². The largest absolute Gasteiger partial charge is 0.411 e. The molecule has 3 nitrogen and oxygen atoms in total. The van der Waals surface area contributed by atoms with E-state index in [0.717, 1.165) is 38.0 Å². The van der Waals surface area contributed by atoms with Gasteiger partial charge in [0.05, 0.1) is 11.8 Å². The summed E-state index contributed by atoms with van der Waals surface area (Å²) in [6.07, 6.45) is 12.1. The molecule has 0 amide bonds. The fourth-order valence-electron chi connectivity index (χ4n) is 2.32. The number of ether oxygens (including phenoxy) is 1. The summed E-state index contributed by atoms with van der Waals surface area (Å²) in [6, 6.07) is 0. The number of oxime groups is 1. The molecule has 1 fully saturated rings. The van der Waals surface area contributed by atoms with Crippen LogP contribution in [0.25, 0.3) is 0 Å². The zero-order valence-electron chi connectivity index (χ0n) is 11.2. The first kappa shape index (κ1) is 14.5. The zero-order chi connectivity index (χ0) is 12.3. The van der Waals surface area contributed by atoms with Crippen LogP contribution in [0.15, 0.2) is 5.16 Å². The van der Waals surface area contributed by atoms with Gasteiger partial charge in [-0.2, -0.15) is 0 Å². The predicted molar refractivity (Wildman–Crippen MR) is 70.8 cm³/mol. The highest BCUT2D eigenvalue weighted by molar-refractivity contribution is 5.84. The maximum atomic E-state index is 8.64. The van der Waals surface area contributed by atoms with Crippen molar-refractivity contribution in [3.8, 4) is 0 Å². The Kier molecular flexibility index (Phi) is 8.06. The molecule has 0 aliphatic heterocycles. The first-order chi connectivity index (χ1) is 8.36. The molecule has 1 rings (SSSR count). The van der Waals surface area contributed by atoms with Gasteiger partial charge in [-0.15, -0.1) is 0 Å². The summed E-state index contributed by atoms with van der Waals surface area (Å²) in [4.78, 5) is 0. The van der Waals surface area contributed by atoms with Crippen molar-refractivity contribution in [2.75, 3.05) is 6.61 Å². The van der Waals surface area contributed by atoms with Gasteiger partial charge in [0.1, 0.15) is 0 Å². The Morgan fingerprint density at radius 3 is 2.41 bits per heavy atom. The third-order valence-electron chi connectivity index (χ3n) is 3.50. The fraction of sp³-hybridized carbons (Fsp3) is 0.929. The zero-order valence-corrected chi connectivity index (χ0v) is 11.2. The Morgan fingerprint density at radius 1 is 1.12 bits per heavy atom. The predicted octanol–water partition coefficient (Wildman–Crippen LogP) is 4.14. The Labute approximate surface area is 105 Å². The van der Waals surface area contributed by atoms with E-state index in [1.165, 1.54) is 38.5 Å². The number of hydrogen-bond donors (Lipinski definition) is 1. The lowest BCUT2D eigenvalue weighted by atomic mass is 9.96. The van der Waals surface area contributed by atoms with E-state index in [1.54, 1.807) is 0 Å². The molecule has 1 aliphatic carbocycles. The van der Waals surface area contributed by atoms with E-state index < -0.39 is 0 Å². The molecule has 0 unspecified atom stereocenters. The van der Waals surface area contributed by atoms with E-state index in [-0.39, 0.29) is 0 Å². The molecule has 1 aliphatic rings. The molecule has 0 heterocycles. The summed E-state index contributed by atoms with van der Waals surface area (Å²) in [7, 11) is 0. The second-order valence-electron chi connectivity index (χ2n) is 5.00. The van der Waals surface area contributed by atoms with Gasteiger partial charge in [-0.3, -0.25) is 0 Å². The number of unbranched alkanes of at least 4 members (excludes halogenated alkanes) is 5. The molecule has 0 bridgehead atoms. The lowest BCUT2D eigenvalue weighted by molar-refractivity contribution is 0.0374. The number of rotatable bonds is 8. The molecule has 0 atom stereocenters. The minimum atomic E-state index is 0.399. The molecule has 17 heavy (non-hydrogen) atoms. The van der Waals surface area contributed by atoms with Crippen LogP contribution in [-0.2, 0) is 4.74 Å². The van der Waals surface area contributed by atoms with E-state index in [0.29, 0.717) is 6.10 Å². The summed E-state index contributed by atoms with van der Waals surface area (Å²) < 4.78 is 5.85. The quantitative estimate of drug-likeness (QED) is 0.394. The summed E-state index contributed by atoms with van der Waals surface area (Å²) in [5.41, 5.74) is 0.935. The Hall–Kier alpha value is -0.570. The van der Waals surface area contributed by atoms with Gasteiger partial charge in [-0.1, -0.05) is 44.2 Å². The molecule has 0 saturated heterocycles. The SMILES string of the molecule is CCCCCCCCOC1CCC(=NO)CC1. The Morgan fingerprint density at radius 2 is 1.76 bits per heavy atom. The molecule has 0 radical (unpaired) electrons. The van der Waals surface area contributed by atoms with Crippen molar-refractivity contribution < 1.29 is 9.94 Å². The van der Waals surface area contributed by atoms with Gasteiger partial charge < -0.3 is 9.94 Å². The smallest absolute Gasteiger partial charge is 0.0582 e. The van der Waals surface area contributed by atoms with Crippen molar-refractivity contribution in [1.82, 2.24) is 0 Å². The lowest BCUT2D eigenvalue weighted by Gasteiger charge is -2.22. The number of hydrogen-bond acceptors (Lipinski definition) is 3. The standard InChI is InChI=1S/C14H27NO2/c1-2-3-4-5-6-7-12-17-14-10-8-13(15-16)9-11-14/h14,16H,2-12H2,1H3. The Balaban J connectivity index is 1.90. The minimum Gasteiger partial charge on any atom is -0.411 e. The topological polar surface area (TPSA) is 41.8 Å². The van der Waals surface area contributed by atoms with Crippen LogP contribution < -0.4 is 0 Å². The molecular weight excluding hydrogens is 214 g/mol. The molecule has 1 saturated carbocycles. The van der Waals surface area contributed by atoms with E-state index in [1.807, 2.05) is 0 Å². The molecule has 0 aromatic heterocycles. The van der Waals surface area contributed by atoms with Crippen LogP contribution >= 0.6 is 0 Å². The first-order valence-electron chi connectivity index (χ1n) is 7.18. The third kappa shape index (κ3) is 6.67. The van der Waals surface area contributed by atoms with Gasteiger partial charge in [0.2, 0.25) is 0 Å². The second kappa shape index (κ2) is 9.46. The third-order valence-corrected chi connectivity index (χ3v) is 3.50. The van der Waals surface area contributed by atoms with Crippen molar-refractivity contribution in [2.24, 2.45) is 5.16 Å². The van der Waals surface area contributed by atoms with Crippen LogP contribution in [0, 0.1) is 0 Å². The van der Waals surface area contributed by atoms with Crippen molar-refractivity contribution in [3.63, 3.8) is 0 Å². The fourth-order valence-corrected chi connectivity index (χ4v) is 2.32. The molecule has 3 heteroatoms. The molecule has 0 aromatic rings. The van der Waals surface area contributed by atoms with Crippen molar-refractivity contribution in [3.05, 3.63) is 0 Å².